The summed E-state index contributed by atoms with van der Waals surface area (Å²) < 4.78 is 11.2. The van der Waals surface area contributed by atoms with Gasteiger partial charge in [0.25, 0.3) is 0 Å². The van der Waals surface area contributed by atoms with E-state index in [-0.39, 0.29) is 12.0 Å². The van der Waals surface area contributed by atoms with Crippen molar-refractivity contribution in [3.8, 4) is 0 Å². The lowest BCUT2D eigenvalue weighted by atomic mass is 9.60. The van der Waals surface area contributed by atoms with E-state index in [2.05, 4.69) is 6.92 Å². The van der Waals surface area contributed by atoms with Crippen molar-refractivity contribution in [1.82, 2.24) is 0 Å². The second-order valence-electron chi connectivity index (χ2n) is 6.99. The zero-order valence-corrected chi connectivity index (χ0v) is 11.4. The molecule has 0 radical (unpaired) electrons. The molecule has 0 spiro atoms. The summed E-state index contributed by atoms with van der Waals surface area (Å²) >= 11 is 0. The van der Waals surface area contributed by atoms with Gasteiger partial charge in [-0.05, 0) is 50.4 Å². The van der Waals surface area contributed by atoms with Gasteiger partial charge in [0.2, 0.25) is 0 Å². The number of hydrogen-bond acceptors (Lipinski definition) is 3. The van der Waals surface area contributed by atoms with Crippen molar-refractivity contribution in [3.63, 3.8) is 0 Å². The van der Waals surface area contributed by atoms with Crippen LogP contribution in [0.15, 0.2) is 0 Å². The first kappa shape index (κ1) is 12.2. The number of carboxylic acid groups (broad SMARTS) is 1. The minimum absolute atomic E-state index is 0.223. The Kier molecular flexibility index (Phi) is 2.53. The fraction of sp³-hybridized carbons (Fsp3) is 0.933. The molecule has 4 aliphatic rings. The van der Waals surface area contributed by atoms with Gasteiger partial charge in [0.15, 0.2) is 0 Å². The van der Waals surface area contributed by atoms with Gasteiger partial charge in [0.05, 0.1) is 29.8 Å². The molecule has 2 aliphatic carbocycles. The molecule has 4 fully saturated rings. The molecule has 2 aliphatic heterocycles. The quantitative estimate of drug-likeness (QED) is 0.796. The van der Waals surface area contributed by atoms with Gasteiger partial charge in [0.1, 0.15) is 0 Å². The zero-order valence-electron chi connectivity index (χ0n) is 11.4. The molecular formula is C15H22O4. The number of rotatable bonds is 3. The Balaban J connectivity index is 1.54. The van der Waals surface area contributed by atoms with Crippen LogP contribution >= 0.6 is 0 Å². The molecule has 0 amide bonds. The molecule has 1 N–H and O–H groups in total. The molecule has 2 heterocycles. The highest BCUT2D eigenvalue weighted by molar-refractivity contribution is 5.75. The Labute approximate surface area is 113 Å². The average Bonchev–Trinajstić information content (AvgIpc) is 3.29. The van der Waals surface area contributed by atoms with Crippen molar-refractivity contribution < 1.29 is 19.4 Å². The smallest absolute Gasteiger partial charge is 0.310 e. The molecule has 2 saturated heterocycles. The second kappa shape index (κ2) is 3.95. The third-order valence-electron chi connectivity index (χ3n) is 6.18. The van der Waals surface area contributed by atoms with Crippen LogP contribution in [-0.4, -0.2) is 35.5 Å². The third-order valence-corrected chi connectivity index (χ3v) is 6.18. The maximum atomic E-state index is 11.9. The molecule has 106 valence electrons. The molecule has 0 bridgehead atoms. The second-order valence-corrected chi connectivity index (χ2v) is 6.99. The van der Waals surface area contributed by atoms with E-state index in [1.54, 1.807) is 0 Å². The first-order valence-corrected chi connectivity index (χ1v) is 7.64. The molecule has 0 aromatic rings. The predicted octanol–water partition coefficient (Wildman–Crippen LogP) is 2.21. The number of hydrogen-bond donors (Lipinski definition) is 1. The number of carbonyl (C=O) groups is 1. The van der Waals surface area contributed by atoms with Crippen LogP contribution in [0.1, 0.15) is 45.4 Å². The van der Waals surface area contributed by atoms with Gasteiger partial charge < -0.3 is 14.6 Å². The normalized spacial score (nSPS) is 52.8. The number of aliphatic carboxylic acids is 1. The maximum absolute atomic E-state index is 11.9. The molecule has 0 aromatic carbocycles. The maximum Gasteiger partial charge on any atom is 0.310 e. The van der Waals surface area contributed by atoms with Crippen LogP contribution in [0.5, 0.6) is 0 Å². The predicted molar refractivity (Wildman–Crippen MR) is 67.7 cm³/mol. The minimum Gasteiger partial charge on any atom is -0.481 e. The molecule has 4 heteroatoms. The van der Waals surface area contributed by atoms with Gasteiger partial charge in [0, 0.05) is 0 Å². The van der Waals surface area contributed by atoms with Gasteiger partial charge in [-0.1, -0.05) is 6.92 Å². The fourth-order valence-electron chi connectivity index (χ4n) is 4.62. The molecule has 4 rings (SSSR count). The first-order valence-electron chi connectivity index (χ1n) is 7.64. The van der Waals surface area contributed by atoms with Crippen LogP contribution in [0.3, 0.4) is 0 Å². The summed E-state index contributed by atoms with van der Waals surface area (Å²) in [4.78, 5) is 11.9. The van der Waals surface area contributed by atoms with Crippen molar-refractivity contribution in [3.05, 3.63) is 0 Å². The molecule has 19 heavy (non-hydrogen) atoms. The van der Waals surface area contributed by atoms with Crippen molar-refractivity contribution in [2.75, 3.05) is 0 Å². The summed E-state index contributed by atoms with van der Waals surface area (Å²) in [6, 6.07) is 0. The summed E-state index contributed by atoms with van der Waals surface area (Å²) in [5, 5.41) is 9.82. The SMILES string of the molecule is CC(C1CCC2OC2C1)C1(C(=O)O)CCC2OC2C1. The van der Waals surface area contributed by atoms with Gasteiger partial charge >= 0.3 is 5.97 Å². The van der Waals surface area contributed by atoms with Gasteiger partial charge in [-0.3, -0.25) is 4.79 Å². The lowest BCUT2D eigenvalue weighted by molar-refractivity contribution is -0.156. The van der Waals surface area contributed by atoms with E-state index in [4.69, 9.17) is 9.47 Å². The molecule has 2 saturated carbocycles. The summed E-state index contributed by atoms with van der Waals surface area (Å²) in [5.74, 6) is 0.142. The topological polar surface area (TPSA) is 62.4 Å². The van der Waals surface area contributed by atoms with Crippen LogP contribution in [0.2, 0.25) is 0 Å². The standard InChI is InChI=1S/C15H22O4/c1-8(9-2-3-10-12(6-9)18-10)15(14(16)17)5-4-11-13(7-15)19-11/h8-13H,2-7H2,1H3,(H,16,17). The molecule has 0 aromatic heterocycles. The monoisotopic (exact) mass is 266 g/mol. The van der Waals surface area contributed by atoms with E-state index in [1.165, 1.54) is 0 Å². The Hall–Kier alpha value is -0.610. The Bertz CT molecular complexity index is 409. The summed E-state index contributed by atoms with van der Waals surface area (Å²) in [7, 11) is 0. The van der Waals surface area contributed by atoms with Crippen molar-refractivity contribution >= 4 is 5.97 Å². The van der Waals surface area contributed by atoms with E-state index in [0.29, 0.717) is 24.2 Å². The van der Waals surface area contributed by atoms with Crippen LogP contribution < -0.4 is 0 Å². The van der Waals surface area contributed by atoms with E-state index in [0.717, 1.165) is 38.5 Å². The highest BCUT2D eigenvalue weighted by Crippen LogP contribution is 2.55. The lowest BCUT2D eigenvalue weighted by Crippen LogP contribution is -2.45. The summed E-state index contributed by atoms with van der Waals surface area (Å²) in [5.41, 5.74) is -0.552. The molecular weight excluding hydrogens is 244 g/mol. The zero-order chi connectivity index (χ0) is 13.2. The van der Waals surface area contributed by atoms with Crippen LogP contribution in [-0.2, 0) is 14.3 Å². The Morgan fingerprint density at radius 1 is 1.16 bits per heavy atom. The first-order chi connectivity index (χ1) is 9.10. The largest absolute Gasteiger partial charge is 0.481 e. The van der Waals surface area contributed by atoms with Gasteiger partial charge in [-0.15, -0.1) is 0 Å². The van der Waals surface area contributed by atoms with Crippen LogP contribution in [0.25, 0.3) is 0 Å². The molecule has 7 unspecified atom stereocenters. The highest BCUT2D eigenvalue weighted by atomic mass is 16.6. The summed E-state index contributed by atoms with van der Waals surface area (Å²) in [6.07, 6.45) is 7.27. The minimum atomic E-state index is -0.604. The lowest BCUT2D eigenvalue weighted by Gasteiger charge is -2.41. The van der Waals surface area contributed by atoms with Crippen molar-refractivity contribution in [1.29, 1.82) is 0 Å². The number of carboxylic acids is 1. The van der Waals surface area contributed by atoms with Gasteiger partial charge in [-0.2, -0.15) is 0 Å². The number of ether oxygens (including phenoxy) is 2. The van der Waals surface area contributed by atoms with Gasteiger partial charge in [-0.25, -0.2) is 0 Å². The molecule has 4 nitrogen and oxygen atoms in total. The number of fused-ring (bicyclic) bond motifs is 2. The Morgan fingerprint density at radius 2 is 1.89 bits per heavy atom. The highest BCUT2D eigenvalue weighted by Gasteiger charge is 2.58. The van der Waals surface area contributed by atoms with Crippen molar-refractivity contribution in [2.24, 2.45) is 17.3 Å². The Morgan fingerprint density at radius 3 is 2.58 bits per heavy atom. The number of epoxide rings is 2. The van der Waals surface area contributed by atoms with E-state index in [1.807, 2.05) is 0 Å². The fourth-order valence-corrected chi connectivity index (χ4v) is 4.62. The van der Waals surface area contributed by atoms with Crippen LogP contribution in [0.4, 0.5) is 0 Å². The summed E-state index contributed by atoms with van der Waals surface area (Å²) in [6.45, 7) is 2.16. The average molecular weight is 266 g/mol. The van der Waals surface area contributed by atoms with E-state index in [9.17, 15) is 9.90 Å². The van der Waals surface area contributed by atoms with E-state index >= 15 is 0 Å². The van der Waals surface area contributed by atoms with E-state index < -0.39 is 11.4 Å². The molecule has 7 atom stereocenters. The van der Waals surface area contributed by atoms with Crippen molar-refractivity contribution in [2.45, 2.75) is 69.9 Å². The third kappa shape index (κ3) is 1.83. The van der Waals surface area contributed by atoms with Crippen LogP contribution in [0, 0.1) is 17.3 Å².